The lowest BCUT2D eigenvalue weighted by atomic mass is 10.1. The zero-order chi connectivity index (χ0) is 21.3. The second-order valence-electron chi connectivity index (χ2n) is 7.35. The number of amides is 1. The third-order valence-corrected chi connectivity index (χ3v) is 7.22. The smallest absolute Gasteiger partial charge is 0.267 e. The van der Waals surface area contributed by atoms with Crippen LogP contribution in [0.5, 0.6) is 11.5 Å². The average molecular weight is 434 g/mol. The van der Waals surface area contributed by atoms with Gasteiger partial charge >= 0.3 is 0 Å². The van der Waals surface area contributed by atoms with E-state index in [2.05, 4.69) is 0 Å². The van der Waals surface area contributed by atoms with Crippen molar-refractivity contribution in [2.24, 2.45) is 0 Å². The molecular weight excluding hydrogens is 411 g/mol. The molecule has 2 aliphatic rings. The third-order valence-electron chi connectivity index (χ3n) is 5.30. The fourth-order valence-corrected chi connectivity index (χ4v) is 5.15. The van der Waals surface area contributed by atoms with Crippen molar-refractivity contribution in [3.8, 4) is 11.5 Å². The van der Waals surface area contributed by atoms with Crippen molar-refractivity contribution in [2.75, 3.05) is 26.2 Å². The SMILES string of the molecule is CC1Oc2ccccc2OC1C(=O)N1CCCN(S(=O)(=O)c2ccc(F)cc2)CC1. The summed E-state index contributed by atoms with van der Waals surface area (Å²) < 4.78 is 51.9. The second kappa shape index (κ2) is 8.23. The highest BCUT2D eigenvalue weighted by molar-refractivity contribution is 7.89. The number of sulfonamides is 1. The molecule has 0 bridgehead atoms. The minimum Gasteiger partial charge on any atom is -0.482 e. The summed E-state index contributed by atoms with van der Waals surface area (Å²) in [5.74, 6) is 0.399. The largest absolute Gasteiger partial charge is 0.482 e. The molecule has 2 unspecified atom stereocenters. The van der Waals surface area contributed by atoms with Gasteiger partial charge in [0, 0.05) is 26.2 Å². The van der Waals surface area contributed by atoms with Crippen molar-refractivity contribution in [1.29, 1.82) is 0 Å². The Morgan fingerprint density at radius 1 is 0.967 bits per heavy atom. The minimum absolute atomic E-state index is 0.0397. The summed E-state index contributed by atoms with van der Waals surface area (Å²) in [6.07, 6.45) is -0.764. The van der Waals surface area contributed by atoms with Gasteiger partial charge < -0.3 is 14.4 Å². The summed E-state index contributed by atoms with van der Waals surface area (Å²) in [6, 6.07) is 11.9. The molecule has 9 heteroatoms. The Hall–Kier alpha value is -2.65. The number of hydrogen-bond donors (Lipinski definition) is 0. The first-order chi connectivity index (χ1) is 14.4. The van der Waals surface area contributed by atoms with Crippen molar-refractivity contribution >= 4 is 15.9 Å². The first-order valence-electron chi connectivity index (χ1n) is 9.83. The monoisotopic (exact) mass is 434 g/mol. The first kappa shape index (κ1) is 20.6. The van der Waals surface area contributed by atoms with Crippen LogP contribution in [0.25, 0.3) is 0 Å². The van der Waals surface area contributed by atoms with Gasteiger partial charge in [0.1, 0.15) is 11.9 Å². The number of fused-ring (bicyclic) bond motifs is 1. The van der Waals surface area contributed by atoms with Crippen LogP contribution in [0.2, 0.25) is 0 Å². The molecule has 1 saturated heterocycles. The van der Waals surface area contributed by atoms with E-state index in [1.807, 2.05) is 12.1 Å². The van der Waals surface area contributed by atoms with E-state index >= 15 is 0 Å². The average Bonchev–Trinajstić information content (AvgIpc) is 3.00. The maximum absolute atomic E-state index is 13.1. The molecule has 4 rings (SSSR count). The number of para-hydroxylation sites is 2. The number of benzene rings is 2. The van der Waals surface area contributed by atoms with Gasteiger partial charge in [-0.25, -0.2) is 12.8 Å². The minimum atomic E-state index is -3.75. The topological polar surface area (TPSA) is 76.2 Å². The lowest BCUT2D eigenvalue weighted by molar-refractivity contribution is -0.144. The van der Waals surface area contributed by atoms with Gasteiger partial charge in [0.2, 0.25) is 16.1 Å². The van der Waals surface area contributed by atoms with Crippen LogP contribution in [-0.2, 0) is 14.8 Å². The van der Waals surface area contributed by atoms with Crippen molar-refractivity contribution < 1.29 is 27.1 Å². The molecule has 0 aliphatic carbocycles. The molecule has 7 nitrogen and oxygen atoms in total. The Morgan fingerprint density at radius 2 is 1.63 bits per heavy atom. The predicted octanol–water partition coefficient (Wildman–Crippen LogP) is 2.28. The highest BCUT2D eigenvalue weighted by Gasteiger charge is 2.38. The van der Waals surface area contributed by atoms with Crippen molar-refractivity contribution in [3.05, 3.63) is 54.3 Å². The van der Waals surface area contributed by atoms with Gasteiger partial charge in [-0.1, -0.05) is 12.1 Å². The van der Waals surface area contributed by atoms with Crippen LogP contribution in [0.15, 0.2) is 53.4 Å². The van der Waals surface area contributed by atoms with Gasteiger partial charge in [-0.2, -0.15) is 4.31 Å². The standard InChI is InChI=1S/C21H23FN2O5S/c1-15-20(29-19-6-3-2-5-18(19)28-15)21(25)23-11-4-12-24(14-13-23)30(26,27)17-9-7-16(22)8-10-17/h2-3,5-10,15,20H,4,11-14H2,1H3. The number of carbonyl (C=O) groups is 1. The van der Waals surface area contributed by atoms with Gasteiger partial charge in [0.05, 0.1) is 4.90 Å². The molecule has 0 N–H and O–H groups in total. The Labute approximate surface area is 175 Å². The van der Waals surface area contributed by atoms with Crippen LogP contribution in [-0.4, -0.2) is 61.9 Å². The molecule has 1 fully saturated rings. The zero-order valence-corrected chi connectivity index (χ0v) is 17.3. The summed E-state index contributed by atoms with van der Waals surface area (Å²) in [5.41, 5.74) is 0. The van der Waals surface area contributed by atoms with E-state index in [-0.39, 0.29) is 30.4 Å². The Balaban J connectivity index is 1.45. The van der Waals surface area contributed by atoms with Crippen LogP contribution in [0, 0.1) is 5.82 Å². The van der Waals surface area contributed by atoms with E-state index in [0.29, 0.717) is 24.5 Å². The van der Waals surface area contributed by atoms with Crippen LogP contribution in [0.1, 0.15) is 13.3 Å². The second-order valence-corrected chi connectivity index (χ2v) is 9.28. The molecule has 0 saturated carbocycles. The lowest BCUT2D eigenvalue weighted by Crippen LogP contribution is -2.51. The summed E-state index contributed by atoms with van der Waals surface area (Å²) in [5, 5.41) is 0. The molecule has 2 atom stereocenters. The zero-order valence-electron chi connectivity index (χ0n) is 16.5. The number of hydrogen-bond acceptors (Lipinski definition) is 5. The summed E-state index contributed by atoms with van der Waals surface area (Å²) in [6.45, 7) is 2.88. The van der Waals surface area contributed by atoms with Crippen LogP contribution < -0.4 is 9.47 Å². The van der Waals surface area contributed by atoms with E-state index in [4.69, 9.17) is 9.47 Å². The van der Waals surface area contributed by atoms with E-state index in [0.717, 1.165) is 12.1 Å². The van der Waals surface area contributed by atoms with Gasteiger partial charge in [-0.15, -0.1) is 0 Å². The Morgan fingerprint density at radius 3 is 2.33 bits per heavy atom. The van der Waals surface area contributed by atoms with Crippen molar-refractivity contribution in [1.82, 2.24) is 9.21 Å². The van der Waals surface area contributed by atoms with E-state index in [1.165, 1.54) is 16.4 Å². The summed E-state index contributed by atoms with van der Waals surface area (Å²) in [7, 11) is -3.75. The van der Waals surface area contributed by atoms with Gasteiger partial charge in [-0.3, -0.25) is 4.79 Å². The highest BCUT2D eigenvalue weighted by Crippen LogP contribution is 2.34. The molecule has 2 aromatic rings. The molecule has 2 aliphatic heterocycles. The third kappa shape index (κ3) is 3.99. The van der Waals surface area contributed by atoms with Crippen LogP contribution >= 0.6 is 0 Å². The molecule has 0 radical (unpaired) electrons. The molecule has 0 aromatic heterocycles. The highest BCUT2D eigenvalue weighted by atomic mass is 32.2. The van der Waals surface area contributed by atoms with Gasteiger partial charge in [0.25, 0.3) is 5.91 Å². The van der Waals surface area contributed by atoms with Crippen molar-refractivity contribution in [2.45, 2.75) is 30.4 Å². The molecule has 2 aromatic carbocycles. The van der Waals surface area contributed by atoms with E-state index in [1.54, 1.807) is 24.0 Å². The Bertz CT molecular complexity index is 1030. The number of rotatable bonds is 3. The van der Waals surface area contributed by atoms with Crippen LogP contribution in [0.4, 0.5) is 4.39 Å². The van der Waals surface area contributed by atoms with Gasteiger partial charge in [-0.05, 0) is 49.7 Å². The quantitative estimate of drug-likeness (QED) is 0.741. The molecule has 2 heterocycles. The maximum atomic E-state index is 13.1. The number of ether oxygens (including phenoxy) is 2. The maximum Gasteiger partial charge on any atom is 0.267 e. The van der Waals surface area contributed by atoms with E-state index in [9.17, 15) is 17.6 Å². The number of nitrogens with zero attached hydrogens (tertiary/aromatic N) is 2. The molecular formula is C21H23FN2O5S. The lowest BCUT2D eigenvalue weighted by Gasteiger charge is -2.34. The number of halogens is 1. The van der Waals surface area contributed by atoms with E-state index < -0.39 is 28.0 Å². The molecule has 160 valence electrons. The molecule has 30 heavy (non-hydrogen) atoms. The number of carbonyl (C=O) groups excluding carboxylic acids is 1. The first-order valence-corrected chi connectivity index (χ1v) is 11.3. The predicted molar refractivity (Wildman–Crippen MR) is 107 cm³/mol. The molecule has 1 amide bonds. The fourth-order valence-electron chi connectivity index (χ4n) is 3.68. The summed E-state index contributed by atoms with van der Waals surface area (Å²) in [4.78, 5) is 14.8. The van der Waals surface area contributed by atoms with Crippen molar-refractivity contribution in [3.63, 3.8) is 0 Å². The Kier molecular flexibility index (Phi) is 5.66. The molecule has 0 spiro atoms. The normalized spacial score (nSPS) is 22.4. The summed E-state index contributed by atoms with van der Waals surface area (Å²) >= 11 is 0. The van der Waals surface area contributed by atoms with Gasteiger partial charge in [0.15, 0.2) is 11.5 Å². The fraction of sp³-hybridized carbons (Fsp3) is 0.381. The van der Waals surface area contributed by atoms with Crippen LogP contribution in [0.3, 0.4) is 0 Å².